The summed E-state index contributed by atoms with van der Waals surface area (Å²) in [6, 6.07) is 9.04. The zero-order chi connectivity index (χ0) is 14.0. The highest BCUT2D eigenvalue weighted by molar-refractivity contribution is 6.72. The van der Waals surface area contributed by atoms with Crippen LogP contribution >= 0.6 is 0 Å². The number of hydrogen-bond donors (Lipinski definition) is 0. The molecule has 0 bridgehead atoms. The second-order valence-electron chi connectivity index (χ2n) is 5.67. The summed E-state index contributed by atoms with van der Waals surface area (Å²) >= 11 is 0. The molecule has 0 aliphatic heterocycles. The van der Waals surface area contributed by atoms with Crippen LogP contribution in [0.3, 0.4) is 0 Å². The molecule has 0 amide bonds. The summed E-state index contributed by atoms with van der Waals surface area (Å²) in [5.74, 6) is 0. The van der Waals surface area contributed by atoms with E-state index in [-0.39, 0.29) is 5.63 Å². The molecule has 2 aromatic rings. The second-order valence-corrected chi connectivity index (χ2v) is 10.3. The molecule has 0 fully saturated rings. The van der Waals surface area contributed by atoms with Crippen LogP contribution in [-0.2, 0) is 11.0 Å². The molecule has 4 heteroatoms. The van der Waals surface area contributed by atoms with Gasteiger partial charge in [0.15, 0.2) is 8.32 Å². The molecule has 0 N–H and O–H groups in total. The lowest BCUT2D eigenvalue weighted by molar-refractivity contribution is 0.289. The number of fused-ring (bicyclic) bond motifs is 1. The minimum Gasteiger partial charge on any atom is -0.423 e. The zero-order valence-electron chi connectivity index (χ0n) is 11.9. The Morgan fingerprint density at radius 3 is 2.63 bits per heavy atom. The summed E-state index contributed by atoms with van der Waals surface area (Å²) in [6.45, 7) is 9.50. The van der Waals surface area contributed by atoms with Gasteiger partial charge in [-0.2, -0.15) is 0 Å². The van der Waals surface area contributed by atoms with Crippen molar-refractivity contribution in [2.75, 3.05) is 0 Å². The van der Waals surface area contributed by atoms with Crippen LogP contribution in [0.5, 0.6) is 0 Å². The quantitative estimate of drug-likeness (QED) is 0.627. The summed E-state index contributed by atoms with van der Waals surface area (Å²) in [4.78, 5) is 11.1. The Hall–Kier alpha value is -1.39. The predicted octanol–water partition coefficient (Wildman–Crippen LogP) is 3.92. The van der Waals surface area contributed by atoms with E-state index in [0.717, 1.165) is 10.9 Å². The Kier molecular flexibility index (Phi) is 3.92. The van der Waals surface area contributed by atoms with Crippen LogP contribution in [-0.4, -0.2) is 8.32 Å². The molecule has 0 unspecified atom stereocenters. The largest absolute Gasteiger partial charge is 0.423 e. The third-order valence-electron chi connectivity index (χ3n) is 3.68. The van der Waals surface area contributed by atoms with Gasteiger partial charge in [-0.1, -0.05) is 19.9 Å². The highest BCUT2D eigenvalue weighted by Crippen LogP contribution is 2.23. The van der Waals surface area contributed by atoms with Crippen molar-refractivity contribution in [3.63, 3.8) is 0 Å². The van der Waals surface area contributed by atoms with Crippen molar-refractivity contribution in [2.45, 2.75) is 39.1 Å². The first kappa shape index (κ1) is 14.0. The van der Waals surface area contributed by atoms with Crippen LogP contribution in [0.15, 0.2) is 39.5 Å². The molecule has 0 radical (unpaired) electrons. The van der Waals surface area contributed by atoms with Gasteiger partial charge in [0, 0.05) is 11.5 Å². The minimum atomic E-state index is -1.61. The van der Waals surface area contributed by atoms with E-state index in [1.54, 1.807) is 6.07 Å². The van der Waals surface area contributed by atoms with Crippen LogP contribution < -0.4 is 5.63 Å². The van der Waals surface area contributed by atoms with Gasteiger partial charge in [-0.05, 0) is 42.4 Å². The second kappa shape index (κ2) is 5.31. The van der Waals surface area contributed by atoms with Crippen LogP contribution in [0.4, 0.5) is 0 Å². The standard InChI is InChI=1S/C15H20O3Si/c1-11(2)19(3,4)17-10-12-5-7-14-13(9-12)6-8-15(16)18-14/h5-9,11H,10H2,1-4H3. The first-order valence-corrected chi connectivity index (χ1v) is 9.54. The Morgan fingerprint density at radius 1 is 1.21 bits per heavy atom. The molecule has 1 aromatic carbocycles. The van der Waals surface area contributed by atoms with Crippen molar-refractivity contribution >= 4 is 19.3 Å². The molecule has 2 rings (SSSR count). The van der Waals surface area contributed by atoms with Gasteiger partial charge in [-0.15, -0.1) is 0 Å². The summed E-state index contributed by atoms with van der Waals surface area (Å²) in [6.07, 6.45) is 0. The molecule has 1 aromatic heterocycles. The van der Waals surface area contributed by atoms with E-state index in [2.05, 4.69) is 26.9 Å². The summed E-state index contributed by atoms with van der Waals surface area (Å²) in [5, 5.41) is 0.935. The smallest absolute Gasteiger partial charge is 0.336 e. The van der Waals surface area contributed by atoms with E-state index in [9.17, 15) is 4.79 Å². The molecule has 1 heterocycles. The van der Waals surface area contributed by atoms with Gasteiger partial charge in [0.05, 0.1) is 6.61 Å². The maximum atomic E-state index is 11.1. The van der Waals surface area contributed by atoms with E-state index in [1.165, 1.54) is 6.07 Å². The van der Waals surface area contributed by atoms with Crippen molar-refractivity contribution in [1.29, 1.82) is 0 Å². The first-order valence-electron chi connectivity index (χ1n) is 6.55. The lowest BCUT2D eigenvalue weighted by Crippen LogP contribution is -2.33. The highest BCUT2D eigenvalue weighted by Gasteiger charge is 2.26. The van der Waals surface area contributed by atoms with Gasteiger partial charge < -0.3 is 8.84 Å². The molecule has 0 spiro atoms. The minimum absolute atomic E-state index is 0.315. The normalized spacial score (nSPS) is 12.3. The van der Waals surface area contributed by atoms with Crippen LogP contribution in [0.2, 0.25) is 18.6 Å². The Labute approximate surface area is 114 Å². The van der Waals surface area contributed by atoms with E-state index in [0.29, 0.717) is 17.7 Å². The van der Waals surface area contributed by atoms with Gasteiger partial charge in [0.25, 0.3) is 0 Å². The average molecular weight is 276 g/mol. The molecule has 3 nitrogen and oxygen atoms in total. The van der Waals surface area contributed by atoms with E-state index < -0.39 is 8.32 Å². The number of rotatable bonds is 4. The Balaban J connectivity index is 2.18. The maximum Gasteiger partial charge on any atom is 0.336 e. The molecule has 0 aliphatic rings. The first-order chi connectivity index (χ1) is 8.88. The van der Waals surface area contributed by atoms with Crippen LogP contribution in [0, 0.1) is 0 Å². The maximum absolute atomic E-state index is 11.1. The van der Waals surface area contributed by atoms with Crippen molar-refractivity contribution in [1.82, 2.24) is 0 Å². The number of benzene rings is 1. The fourth-order valence-corrected chi connectivity index (χ4v) is 2.52. The van der Waals surface area contributed by atoms with E-state index >= 15 is 0 Å². The van der Waals surface area contributed by atoms with Gasteiger partial charge in [0.1, 0.15) is 5.58 Å². The fraction of sp³-hybridized carbons (Fsp3) is 0.400. The molecule has 0 aliphatic carbocycles. The molecule has 19 heavy (non-hydrogen) atoms. The predicted molar refractivity (Wildman–Crippen MR) is 79.9 cm³/mol. The molecule has 0 saturated heterocycles. The van der Waals surface area contributed by atoms with E-state index in [1.807, 2.05) is 18.2 Å². The molecular formula is C15H20O3Si. The zero-order valence-corrected chi connectivity index (χ0v) is 12.9. The molecule has 0 saturated carbocycles. The SMILES string of the molecule is CC(C)[Si](C)(C)OCc1ccc2oc(=O)ccc2c1. The third kappa shape index (κ3) is 3.33. The lowest BCUT2D eigenvalue weighted by Gasteiger charge is -2.26. The topological polar surface area (TPSA) is 39.4 Å². The van der Waals surface area contributed by atoms with Gasteiger partial charge in [0.2, 0.25) is 0 Å². The van der Waals surface area contributed by atoms with E-state index in [4.69, 9.17) is 8.84 Å². The van der Waals surface area contributed by atoms with Gasteiger partial charge in [-0.25, -0.2) is 4.79 Å². The fourth-order valence-electron chi connectivity index (χ4n) is 1.65. The Bertz CT molecular complexity index is 629. The van der Waals surface area contributed by atoms with Crippen molar-refractivity contribution in [3.05, 3.63) is 46.3 Å². The molecule has 102 valence electrons. The third-order valence-corrected chi connectivity index (χ3v) is 7.35. The van der Waals surface area contributed by atoms with Crippen molar-refractivity contribution in [2.24, 2.45) is 0 Å². The van der Waals surface area contributed by atoms with Crippen LogP contribution in [0.1, 0.15) is 19.4 Å². The summed E-state index contributed by atoms with van der Waals surface area (Å²) < 4.78 is 11.2. The summed E-state index contributed by atoms with van der Waals surface area (Å²) in [5.41, 5.74) is 2.01. The molecule has 0 atom stereocenters. The van der Waals surface area contributed by atoms with Crippen LogP contribution in [0.25, 0.3) is 11.0 Å². The highest BCUT2D eigenvalue weighted by atomic mass is 28.4. The summed E-state index contributed by atoms with van der Waals surface area (Å²) in [7, 11) is -1.61. The molecular weight excluding hydrogens is 256 g/mol. The van der Waals surface area contributed by atoms with Crippen molar-refractivity contribution < 1.29 is 8.84 Å². The van der Waals surface area contributed by atoms with Crippen molar-refractivity contribution in [3.8, 4) is 0 Å². The lowest BCUT2D eigenvalue weighted by atomic mass is 10.1. The van der Waals surface area contributed by atoms with Gasteiger partial charge in [-0.3, -0.25) is 0 Å². The monoisotopic (exact) mass is 276 g/mol. The van der Waals surface area contributed by atoms with Gasteiger partial charge >= 0.3 is 5.63 Å². The number of hydrogen-bond acceptors (Lipinski definition) is 3. The average Bonchev–Trinajstić information content (AvgIpc) is 2.36. The Morgan fingerprint density at radius 2 is 1.95 bits per heavy atom.